The van der Waals surface area contributed by atoms with E-state index in [1.165, 1.54) is 0 Å². The van der Waals surface area contributed by atoms with Crippen LogP contribution in [0, 0.1) is 13.8 Å². The minimum Gasteiger partial charge on any atom is -0.427 e. The minimum absolute atomic E-state index is 0. The Kier molecular flexibility index (Phi) is 4.26. The van der Waals surface area contributed by atoms with Crippen molar-refractivity contribution in [3.63, 3.8) is 0 Å². The molecule has 83 valence electrons. The molecule has 0 fully saturated rings. The van der Waals surface area contributed by atoms with Gasteiger partial charge in [0.15, 0.2) is 5.82 Å². The molecule has 0 atom stereocenters. The van der Waals surface area contributed by atoms with Gasteiger partial charge in [0.2, 0.25) is 0 Å². The van der Waals surface area contributed by atoms with Gasteiger partial charge in [0, 0.05) is 24.1 Å². The summed E-state index contributed by atoms with van der Waals surface area (Å²) in [6, 6.07) is 0. The van der Waals surface area contributed by atoms with Crippen molar-refractivity contribution in [1.29, 1.82) is 0 Å². The minimum atomic E-state index is -0.0284. The van der Waals surface area contributed by atoms with Gasteiger partial charge >= 0.3 is 0 Å². The second kappa shape index (κ2) is 4.46. The first kappa shape index (κ1) is 14.3. The fourth-order valence-electron chi connectivity index (χ4n) is 1.82. The van der Waals surface area contributed by atoms with E-state index in [-0.39, 0.29) is 24.0 Å². The van der Waals surface area contributed by atoms with Gasteiger partial charge in [0.1, 0.15) is 0 Å². The number of rotatable bonds is 1. The Morgan fingerprint density at radius 2 is 1.73 bits per heavy atom. The van der Waals surface area contributed by atoms with Gasteiger partial charge in [-0.15, -0.1) is 0 Å². The fourth-order valence-corrected chi connectivity index (χ4v) is 1.82. The smallest absolute Gasteiger partial charge is 0.171 e. The molecule has 0 spiro atoms. The molecule has 3 nitrogen and oxygen atoms in total. The van der Waals surface area contributed by atoms with Crippen LogP contribution < -0.4 is 0 Å². The molecule has 1 aromatic heterocycles. The quantitative estimate of drug-likeness (QED) is 0.599. The largest absolute Gasteiger partial charge is 0.427 e. The van der Waals surface area contributed by atoms with Gasteiger partial charge in [0.25, 0.3) is 0 Å². The third-order valence-electron chi connectivity index (χ3n) is 2.56. The summed E-state index contributed by atoms with van der Waals surface area (Å²) in [5.41, 5.74) is 2.95. The Hall–Kier alpha value is -0.666. The van der Waals surface area contributed by atoms with E-state index in [1.54, 1.807) is 0 Å². The van der Waals surface area contributed by atoms with E-state index in [2.05, 4.69) is 32.5 Å². The van der Waals surface area contributed by atoms with Crippen LogP contribution in [-0.4, -0.2) is 16.7 Å². The molecule has 0 saturated carbocycles. The van der Waals surface area contributed by atoms with Gasteiger partial charge in [-0.05, 0) is 31.5 Å². The Labute approximate surface area is 103 Å². The first-order valence-corrected chi connectivity index (χ1v) is 4.69. The van der Waals surface area contributed by atoms with Crippen molar-refractivity contribution in [3.05, 3.63) is 16.8 Å². The maximum atomic E-state index is 9.75. The van der Waals surface area contributed by atoms with Gasteiger partial charge in [0.05, 0.1) is 5.69 Å². The molecular weight excluding hydrogens is 227 g/mol. The molecule has 1 N–H and O–H groups in total. The average molecular weight is 245 g/mol. The molecule has 1 aromatic rings. The summed E-state index contributed by atoms with van der Waals surface area (Å²) >= 11 is 0. The maximum absolute atomic E-state index is 9.75. The molecule has 0 amide bonds. The summed E-state index contributed by atoms with van der Waals surface area (Å²) in [5.74, 6) is 0.563. The third kappa shape index (κ3) is 2.29. The Morgan fingerprint density at radius 1 is 1.27 bits per heavy atom. The predicted molar refractivity (Wildman–Crippen MR) is 59.0 cm³/mol. The normalized spacial score (nSPS) is 11.0. The van der Waals surface area contributed by atoms with E-state index in [4.69, 9.17) is 0 Å². The predicted octanol–water partition coefficient (Wildman–Crippen LogP) is 2.97. The molecule has 1 radical (unpaired) electrons. The van der Waals surface area contributed by atoms with E-state index in [1.807, 2.05) is 13.8 Å². The van der Waals surface area contributed by atoms with Crippen molar-refractivity contribution >= 4 is 12.5 Å². The summed E-state index contributed by atoms with van der Waals surface area (Å²) in [6.45, 7) is 13.7. The van der Waals surface area contributed by atoms with Gasteiger partial charge in [-0.1, -0.05) is 20.8 Å². The van der Waals surface area contributed by atoms with Crippen molar-refractivity contribution in [3.8, 4) is 0 Å². The number of nitrogens with zero attached hydrogens (tertiary/aromatic N) is 2. The van der Waals surface area contributed by atoms with Crippen molar-refractivity contribution in [2.75, 3.05) is 0 Å². The van der Waals surface area contributed by atoms with E-state index in [0.29, 0.717) is 5.82 Å². The van der Waals surface area contributed by atoms with Gasteiger partial charge in [-0.2, -0.15) is 4.73 Å². The molecular formula is C11H18N2OV. The van der Waals surface area contributed by atoms with Crippen LogP contribution in [0.4, 0.5) is 5.82 Å². The zero-order valence-corrected chi connectivity index (χ0v) is 11.4. The van der Waals surface area contributed by atoms with Crippen LogP contribution in [0.25, 0.3) is 0 Å². The molecule has 0 aliphatic rings. The van der Waals surface area contributed by atoms with Crippen LogP contribution in [0.15, 0.2) is 4.99 Å². The van der Waals surface area contributed by atoms with Crippen LogP contribution in [-0.2, 0) is 24.0 Å². The summed E-state index contributed by atoms with van der Waals surface area (Å²) < 4.78 is 1.11. The van der Waals surface area contributed by atoms with Crippen LogP contribution in [0.1, 0.15) is 37.6 Å². The van der Waals surface area contributed by atoms with Gasteiger partial charge < -0.3 is 5.21 Å². The number of hydrogen-bond acceptors (Lipinski definition) is 2. The Balaban J connectivity index is 0.00000196. The van der Waals surface area contributed by atoms with Crippen molar-refractivity contribution < 1.29 is 23.8 Å². The van der Waals surface area contributed by atoms with E-state index < -0.39 is 0 Å². The Bertz CT molecular complexity index is 375. The summed E-state index contributed by atoms with van der Waals surface area (Å²) in [5, 5.41) is 9.75. The summed E-state index contributed by atoms with van der Waals surface area (Å²) in [4.78, 5) is 3.88. The second-order valence-electron chi connectivity index (χ2n) is 4.63. The van der Waals surface area contributed by atoms with E-state index in [0.717, 1.165) is 21.6 Å². The fraction of sp³-hybridized carbons (Fsp3) is 0.545. The van der Waals surface area contributed by atoms with Crippen LogP contribution in [0.5, 0.6) is 0 Å². The number of hydrogen-bond donors (Lipinski definition) is 1. The molecule has 0 aliphatic heterocycles. The Morgan fingerprint density at radius 3 is 2.00 bits per heavy atom. The second-order valence-corrected chi connectivity index (χ2v) is 4.63. The molecule has 0 aromatic carbocycles. The monoisotopic (exact) mass is 245 g/mol. The molecule has 15 heavy (non-hydrogen) atoms. The molecule has 0 bridgehead atoms. The van der Waals surface area contributed by atoms with Gasteiger partial charge in [-0.3, -0.25) is 0 Å². The van der Waals surface area contributed by atoms with Gasteiger partial charge in [-0.25, -0.2) is 4.99 Å². The SMILES string of the molecule is C=Nc1c(C(C)(C)C)c(C)c(C)n1O.[V]. The molecule has 4 heteroatoms. The average Bonchev–Trinajstić information content (AvgIpc) is 2.28. The summed E-state index contributed by atoms with van der Waals surface area (Å²) in [7, 11) is 0. The van der Waals surface area contributed by atoms with Crippen LogP contribution in [0.2, 0.25) is 0 Å². The van der Waals surface area contributed by atoms with E-state index in [9.17, 15) is 5.21 Å². The van der Waals surface area contributed by atoms with Crippen molar-refractivity contribution in [2.45, 2.75) is 40.0 Å². The number of aliphatic imine (C=N–C) groups is 1. The maximum Gasteiger partial charge on any atom is 0.171 e. The molecule has 1 heterocycles. The van der Waals surface area contributed by atoms with Crippen LogP contribution in [0.3, 0.4) is 0 Å². The van der Waals surface area contributed by atoms with Crippen molar-refractivity contribution in [2.24, 2.45) is 4.99 Å². The zero-order chi connectivity index (χ0) is 11.1. The van der Waals surface area contributed by atoms with E-state index >= 15 is 0 Å². The standard InChI is InChI=1S/C11H18N2O.V/c1-7-8(2)13(14)10(12-6)9(7)11(3,4)5;/h14H,6H2,1-5H3;. The first-order valence-electron chi connectivity index (χ1n) is 4.69. The first-order chi connectivity index (χ1) is 6.30. The topological polar surface area (TPSA) is 37.5 Å². The van der Waals surface area contributed by atoms with Crippen LogP contribution >= 0.6 is 0 Å². The molecule has 1 rings (SSSR count). The number of aromatic nitrogens is 1. The molecule has 0 aliphatic carbocycles. The third-order valence-corrected chi connectivity index (χ3v) is 2.56. The molecule has 0 saturated heterocycles. The zero-order valence-electron chi connectivity index (χ0n) is 10.00. The summed E-state index contributed by atoms with van der Waals surface area (Å²) in [6.07, 6.45) is 0. The van der Waals surface area contributed by atoms with Crippen molar-refractivity contribution in [1.82, 2.24) is 4.73 Å². The molecule has 0 unspecified atom stereocenters.